The minimum Gasteiger partial charge on any atom is -0.480 e. The van der Waals surface area contributed by atoms with E-state index in [0.29, 0.717) is 5.75 Å². The van der Waals surface area contributed by atoms with Gasteiger partial charge in [0.25, 0.3) is 0 Å². The van der Waals surface area contributed by atoms with E-state index >= 15 is 0 Å². The first-order valence-corrected chi connectivity index (χ1v) is 12.5. The molecule has 5 unspecified atom stereocenters. The molecular weight excluding hydrogens is 460 g/mol. The SMILES string of the molecule is CSCCC(NC(=O)C(Cc1ccccc1)NC(=O)C(NC(=O)C(N)C(C)C)C(C)O)C(=O)O. The van der Waals surface area contributed by atoms with Crippen molar-refractivity contribution in [3.63, 3.8) is 0 Å². The Balaban J connectivity index is 3.08. The number of nitrogens with two attached hydrogens (primary N) is 1. The molecule has 0 aliphatic carbocycles. The Labute approximate surface area is 204 Å². The Bertz CT molecular complexity index is 821. The highest BCUT2D eigenvalue weighted by Gasteiger charge is 2.32. The minimum atomic E-state index is -1.35. The fraction of sp³-hybridized carbons (Fsp3) is 0.565. The van der Waals surface area contributed by atoms with Gasteiger partial charge in [0.1, 0.15) is 18.1 Å². The van der Waals surface area contributed by atoms with Crippen molar-refractivity contribution < 1.29 is 29.4 Å². The lowest BCUT2D eigenvalue weighted by Crippen LogP contribution is -2.60. The summed E-state index contributed by atoms with van der Waals surface area (Å²) < 4.78 is 0. The van der Waals surface area contributed by atoms with Gasteiger partial charge in [-0.15, -0.1) is 0 Å². The van der Waals surface area contributed by atoms with Gasteiger partial charge in [-0.2, -0.15) is 11.8 Å². The van der Waals surface area contributed by atoms with E-state index in [9.17, 15) is 29.4 Å². The lowest BCUT2D eigenvalue weighted by Gasteiger charge is -2.27. The van der Waals surface area contributed by atoms with Crippen LogP contribution in [0.1, 0.15) is 32.8 Å². The number of carboxylic acids is 1. The van der Waals surface area contributed by atoms with Crippen molar-refractivity contribution in [3.05, 3.63) is 35.9 Å². The van der Waals surface area contributed by atoms with Crippen molar-refractivity contribution in [2.75, 3.05) is 12.0 Å². The molecule has 0 aromatic heterocycles. The van der Waals surface area contributed by atoms with E-state index in [4.69, 9.17) is 5.73 Å². The Morgan fingerprint density at radius 3 is 2.03 bits per heavy atom. The fourth-order valence-corrected chi connectivity index (χ4v) is 3.51. The van der Waals surface area contributed by atoms with Gasteiger partial charge in [0.15, 0.2) is 0 Å². The van der Waals surface area contributed by atoms with Crippen molar-refractivity contribution in [2.45, 2.75) is 63.9 Å². The Hall–Kier alpha value is -2.63. The molecule has 1 rings (SSSR count). The Morgan fingerprint density at radius 1 is 0.941 bits per heavy atom. The molecule has 34 heavy (non-hydrogen) atoms. The van der Waals surface area contributed by atoms with Gasteiger partial charge in [0.2, 0.25) is 17.7 Å². The van der Waals surface area contributed by atoms with Crippen molar-refractivity contribution in [1.29, 1.82) is 0 Å². The number of amides is 3. The number of nitrogens with one attached hydrogen (secondary N) is 3. The maximum atomic E-state index is 13.0. The smallest absolute Gasteiger partial charge is 0.326 e. The van der Waals surface area contributed by atoms with Crippen LogP contribution in [0.3, 0.4) is 0 Å². The topological polar surface area (TPSA) is 171 Å². The zero-order valence-corrected chi connectivity index (χ0v) is 20.8. The van der Waals surface area contributed by atoms with Crippen LogP contribution in [0.4, 0.5) is 0 Å². The first-order valence-electron chi connectivity index (χ1n) is 11.1. The standard InChI is InChI=1S/C23H36N4O6S/c1-13(2)18(24)21(30)27-19(14(3)28)22(31)26-17(12-15-8-6-5-7-9-15)20(29)25-16(23(32)33)10-11-34-4/h5-9,13-14,16-19,28H,10-12,24H2,1-4H3,(H,25,29)(H,26,31)(H,27,30)(H,32,33). The van der Waals surface area contributed by atoms with Gasteiger partial charge >= 0.3 is 5.97 Å². The van der Waals surface area contributed by atoms with Gasteiger partial charge in [-0.25, -0.2) is 4.79 Å². The van der Waals surface area contributed by atoms with Crippen LogP contribution in [0.15, 0.2) is 30.3 Å². The lowest BCUT2D eigenvalue weighted by atomic mass is 10.0. The number of benzene rings is 1. The maximum absolute atomic E-state index is 13.0. The van der Waals surface area contributed by atoms with Gasteiger partial charge in [0, 0.05) is 6.42 Å². The summed E-state index contributed by atoms with van der Waals surface area (Å²) in [5.74, 6) is -2.92. The predicted octanol–water partition coefficient (Wildman–Crippen LogP) is -0.115. The number of aliphatic hydroxyl groups is 1. The van der Waals surface area contributed by atoms with Gasteiger partial charge < -0.3 is 31.9 Å². The molecule has 0 saturated carbocycles. The van der Waals surface area contributed by atoms with E-state index in [1.54, 1.807) is 44.2 Å². The van der Waals surface area contributed by atoms with Crippen LogP contribution < -0.4 is 21.7 Å². The quantitative estimate of drug-likeness (QED) is 0.207. The summed E-state index contributed by atoms with van der Waals surface area (Å²) in [6.07, 6.45) is 0.860. The van der Waals surface area contributed by atoms with Gasteiger partial charge in [-0.3, -0.25) is 14.4 Å². The average molecular weight is 497 g/mol. The number of rotatable bonds is 14. The van der Waals surface area contributed by atoms with Gasteiger partial charge in [-0.1, -0.05) is 44.2 Å². The number of carbonyl (C=O) groups is 4. The van der Waals surface area contributed by atoms with Crippen LogP contribution in [0.5, 0.6) is 0 Å². The van der Waals surface area contributed by atoms with Crippen molar-refractivity contribution in [3.8, 4) is 0 Å². The number of thioether (sulfide) groups is 1. The highest BCUT2D eigenvalue weighted by atomic mass is 32.2. The van der Waals surface area contributed by atoms with E-state index in [-0.39, 0.29) is 18.8 Å². The third kappa shape index (κ3) is 9.70. The lowest BCUT2D eigenvalue weighted by molar-refractivity contribution is -0.142. The number of aliphatic carboxylic acids is 1. The molecule has 11 heteroatoms. The number of hydrogen-bond acceptors (Lipinski definition) is 7. The zero-order chi connectivity index (χ0) is 25.8. The zero-order valence-electron chi connectivity index (χ0n) is 20.0. The third-order valence-corrected chi connectivity index (χ3v) is 5.87. The second-order valence-electron chi connectivity index (χ2n) is 8.43. The molecule has 0 bridgehead atoms. The molecule has 5 atom stereocenters. The summed E-state index contributed by atoms with van der Waals surface area (Å²) in [5, 5.41) is 27.0. The highest BCUT2D eigenvalue weighted by molar-refractivity contribution is 7.98. The fourth-order valence-electron chi connectivity index (χ4n) is 3.04. The molecule has 7 N–H and O–H groups in total. The number of carboxylic acid groups (broad SMARTS) is 1. The number of carbonyl (C=O) groups excluding carboxylic acids is 3. The summed E-state index contributed by atoms with van der Waals surface area (Å²) in [6.45, 7) is 4.83. The molecule has 0 heterocycles. The van der Waals surface area contributed by atoms with Gasteiger partial charge in [-0.05, 0) is 36.8 Å². The first-order chi connectivity index (χ1) is 16.0. The molecule has 0 fully saturated rings. The van der Waals surface area contributed by atoms with Gasteiger partial charge in [0.05, 0.1) is 12.1 Å². The molecule has 0 aliphatic rings. The van der Waals surface area contributed by atoms with Crippen LogP contribution in [-0.2, 0) is 25.6 Å². The molecule has 0 aliphatic heterocycles. The average Bonchev–Trinajstić information content (AvgIpc) is 2.78. The van der Waals surface area contributed by atoms with Crippen LogP contribution in [0.25, 0.3) is 0 Å². The number of hydrogen-bond donors (Lipinski definition) is 6. The van der Waals surface area contributed by atoms with E-state index < -0.39 is 54.0 Å². The van der Waals surface area contributed by atoms with Crippen molar-refractivity contribution in [2.24, 2.45) is 11.7 Å². The van der Waals surface area contributed by atoms with E-state index in [1.165, 1.54) is 18.7 Å². The number of aliphatic hydroxyl groups excluding tert-OH is 1. The molecule has 10 nitrogen and oxygen atoms in total. The minimum absolute atomic E-state index is 0.0826. The summed E-state index contributed by atoms with van der Waals surface area (Å²) >= 11 is 1.45. The van der Waals surface area contributed by atoms with Crippen LogP contribution in [-0.4, -0.2) is 76.2 Å². The second-order valence-corrected chi connectivity index (χ2v) is 9.41. The first kappa shape index (κ1) is 29.4. The monoisotopic (exact) mass is 496 g/mol. The molecule has 1 aromatic rings. The Kier molecular flexibility index (Phi) is 12.6. The summed E-state index contributed by atoms with van der Waals surface area (Å²) in [6, 6.07) is 4.40. The van der Waals surface area contributed by atoms with Crippen LogP contribution in [0.2, 0.25) is 0 Å². The molecule has 190 valence electrons. The molecule has 3 amide bonds. The van der Waals surface area contributed by atoms with Crippen molar-refractivity contribution in [1.82, 2.24) is 16.0 Å². The molecule has 0 saturated heterocycles. The van der Waals surface area contributed by atoms with E-state index in [2.05, 4.69) is 16.0 Å². The van der Waals surface area contributed by atoms with Crippen molar-refractivity contribution >= 4 is 35.5 Å². The third-order valence-electron chi connectivity index (χ3n) is 5.22. The van der Waals surface area contributed by atoms with E-state index in [1.807, 2.05) is 6.26 Å². The molecule has 0 radical (unpaired) electrons. The van der Waals surface area contributed by atoms with Crippen LogP contribution in [0, 0.1) is 5.92 Å². The molecule has 1 aromatic carbocycles. The summed E-state index contributed by atoms with van der Waals surface area (Å²) in [7, 11) is 0. The van der Waals surface area contributed by atoms with Crippen LogP contribution >= 0.6 is 11.8 Å². The highest BCUT2D eigenvalue weighted by Crippen LogP contribution is 2.08. The summed E-state index contributed by atoms with van der Waals surface area (Å²) in [4.78, 5) is 49.9. The Morgan fingerprint density at radius 2 is 1.53 bits per heavy atom. The van der Waals surface area contributed by atoms with E-state index in [0.717, 1.165) is 5.56 Å². The maximum Gasteiger partial charge on any atom is 0.326 e. The largest absolute Gasteiger partial charge is 0.480 e. The predicted molar refractivity (Wildman–Crippen MR) is 131 cm³/mol. The molecular formula is C23H36N4O6S. The normalized spacial score (nSPS) is 15.5. The second kappa shape index (κ2) is 14.6. The molecule has 0 spiro atoms. The summed E-state index contributed by atoms with van der Waals surface area (Å²) in [5.41, 5.74) is 6.57.